The van der Waals surface area contributed by atoms with E-state index in [9.17, 15) is 9.59 Å². The van der Waals surface area contributed by atoms with Gasteiger partial charge in [-0.15, -0.1) is 0 Å². The molecule has 2 aliphatic rings. The van der Waals surface area contributed by atoms with Gasteiger partial charge in [-0.1, -0.05) is 13.8 Å². The van der Waals surface area contributed by atoms with Crippen molar-refractivity contribution in [2.45, 2.75) is 58.1 Å². The number of hydrogen-bond donors (Lipinski definition) is 2. The molecule has 3 atom stereocenters. The Hall–Kier alpha value is -1.30. The number of rotatable bonds is 5. The van der Waals surface area contributed by atoms with E-state index in [1.54, 1.807) is 12.0 Å². The Bertz CT molecular complexity index is 422. The van der Waals surface area contributed by atoms with Gasteiger partial charge in [0.25, 0.3) is 0 Å². The van der Waals surface area contributed by atoms with Crippen molar-refractivity contribution in [1.29, 1.82) is 0 Å². The Labute approximate surface area is 132 Å². The van der Waals surface area contributed by atoms with Crippen LogP contribution in [0.3, 0.4) is 0 Å². The van der Waals surface area contributed by atoms with Crippen LogP contribution >= 0.6 is 0 Å². The lowest BCUT2D eigenvalue weighted by Gasteiger charge is -2.55. The summed E-state index contributed by atoms with van der Waals surface area (Å²) in [5.41, 5.74) is 0.00635. The van der Waals surface area contributed by atoms with E-state index in [4.69, 9.17) is 9.84 Å². The quantitative estimate of drug-likeness (QED) is 0.814. The summed E-state index contributed by atoms with van der Waals surface area (Å²) in [7, 11) is 1.73. The molecule has 2 N–H and O–H groups in total. The van der Waals surface area contributed by atoms with Gasteiger partial charge in [0.2, 0.25) is 0 Å². The molecule has 0 radical (unpaired) electrons. The Morgan fingerprint density at radius 1 is 1.36 bits per heavy atom. The number of nitrogens with zero attached hydrogens (tertiary/aromatic N) is 1. The molecule has 1 heterocycles. The minimum Gasteiger partial charge on any atom is -0.481 e. The van der Waals surface area contributed by atoms with Gasteiger partial charge in [0.1, 0.15) is 0 Å². The molecule has 2 rings (SSSR count). The predicted molar refractivity (Wildman–Crippen MR) is 82.7 cm³/mol. The molecule has 3 unspecified atom stereocenters. The Kier molecular flexibility index (Phi) is 5.32. The Morgan fingerprint density at radius 2 is 2.05 bits per heavy atom. The van der Waals surface area contributed by atoms with Gasteiger partial charge in [0.05, 0.1) is 12.0 Å². The summed E-state index contributed by atoms with van der Waals surface area (Å²) < 4.78 is 5.55. The van der Waals surface area contributed by atoms with Crippen molar-refractivity contribution in [2.24, 2.45) is 11.3 Å². The summed E-state index contributed by atoms with van der Waals surface area (Å²) >= 11 is 0. The smallest absolute Gasteiger partial charge is 0.317 e. The molecule has 0 spiro atoms. The molecule has 6 nitrogen and oxygen atoms in total. The summed E-state index contributed by atoms with van der Waals surface area (Å²) in [6.07, 6.45) is 4.36. The predicted octanol–water partition coefficient (Wildman–Crippen LogP) is 2.09. The number of piperidine rings is 1. The number of ether oxygens (including phenoxy) is 1. The van der Waals surface area contributed by atoms with E-state index >= 15 is 0 Å². The molecule has 1 aliphatic heterocycles. The summed E-state index contributed by atoms with van der Waals surface area (Å²) in [4.78, 5) is 25.2. The zero-order valence-electron chi connectivity index (χ0n) is 13.8. The number of carbonyl (C=O) groups excluding carboxylic acids is 1. The molecule has 22 heavy (non-hydrogen) atoms. The number of nitrogens with one attached hydrogen (secondary N) is 1. The van der Waals surface area contributed by atoms with Gasteiger partial charge in [0, 0.05) is 31.7 Å². The topological polar surface area (TPSA) is 78.9 Å². The van der Waals surface area contributed by atoms with Gasteiger partial charge in [-0.25, -0.2) is 4.79 Å². The summed E-state index contributed by atoms with van der Waals surface area (Å²) in [5, 5.41) is 12.2. The first-order valence-electron chi connectivity index (χ1n) is 8.29. The third-order valence-electron chi connectivity index (χ3n) is 5.74. The van der Waals surface area contributed by atoms with E-state index in [1.807, 2.05) is 0 Å². The highest BCUT2D eigenvalue weighted by Gasteiger charge is 2.53. The summed E-state index contributed by atoms with van der Waals surface area (Å²) in [6.45, 7) is 5.22. The highest BCUT2D eigenvalue weighted by molar-refractivity contribution is 5.77. The lowest BCUT2D eigenvalue weighted by atomic mass is 9.58. The number of carboxylic acid groups (broad SMARTS) is 1. The van der Waals surface area contributed by atoms with Gasteiger partial charge in [-0.05, 0) is 32.1 Å². The molecule has 1 saturated heterocycles. The van der Waals surface area contributed by atoms with Crippen molar-refractivity contribution in [3.8, 4) is 0 Å². The minimum absolute atomic E-state index is 0.00635. The number of aliphatic carboxylic acids is 1. The molecule has 1 aliphatic carbocycles. The fourth-order valence-electron chi connectivity index (χ4n) is 4.08. The van der Waals surface area contributed by atoms with Crippen LogP contribution in [0.4, 0.5) is 4.79 Å². The van der Waals surface area contributed by atoms with Gasteiger partial charge in [-0.2, -0.15) is 0 Å². The van der Waals surface area contributed by atoms with Crippen LogP contribution in [0.25, 0.3) is 0 Å². The molecule has 0 aromatic carbocycles. The molecule has 0 aromatic heterocycles. The molecular weight excluding hydrogens is 284 g/mol. The fraction of sp³-hybridized carbons (Fsp3) is 0.875. The molecule has 2 fully saturated rings. The number of hydrogen-bond acceptors (Lipinski definition) is 3. The van der Waals surface area contributed by atoms with Gasteiger partial charge >= 0.3 is 12.0 Å². The first kappa shape index (κ1) is 17.1. The molecule has 126 valence electrons. The lowest BCUT2D eigenvalue weighted by molar-refractivity contribution is -0.143. The van der Waals surface area contributed by atoms with Crippen LogP contribution in [0.2, 0.25) is 0 Å². The van der Waals surface area contributed by atoms with Gasteiger partial charge in [-0.3, -0.25) is 4.79 Å². The van der Waals surface area contributed by atoms with E-state index in [1.165, 1.54) is 0 Å². The maximum atomic E-state index is 12.5. The maximum absolute atomic E-state index is 12.5. The number of likely N-dealkylation sites (tertiary alicyclic amines) is 1. The highest BCUT2D eigenvalue weighted by Crippen LogP contribution is 2.48. The summed E-state index contributed by atoms with van der Waals surface area (Å²) in [6, 6.07) is -0.0121. The maximum Gasteiger partial charge on any atom is 0.317 e. The van der Waals surface area contributed by atoms with Gasteiger partial charge < -0.3 is 20.1 Å². The second kappa shape index (κ2) is 6.86. The van der Waals surface area contributed by atoms with Crippen LogP contribution < -0.4 is 5.32 Å². The molecule has 2 amide bonds. The Morgan fingerprint density at radius 3 is 2.59 bits per heavy atom. The van der Waals surface area contributed by atoms with Crippen molar-refractivity contribution >= 4 is 12.0 Å². The number of urea groups is 1. The third kappa shape index (κ3) is 2.93. The standard InChI is InChI=1S/C16H28N2O4/c1-4-16(5-2)12(9-13(16)22-3)17-15(21)18-8-6-7-11(10-18)14(19)20/h11-13H,4-10H2,1-3H3,(H,17,21)(H,19,20). The lowest BCUT2D eigenvalue weighted by Crippen LogP contribution is -2.65. The van der Waals surface area contributed by atoms with E-state index in [2.05, 4.69) is 19.2 Å². The summed E-state index contributed by atoms with van der Waals surface area (Å²) in [5.74, 6) is -1.24. The molecule has 6 heteroatoms. The minimum atomic E-state index is -0.808. The fourth-order valence-corrected chi connectivity index (χ4v) is 4.08. The van der Waals surface area contributed by atoms with Crippen molar-refractivity contribution in [3.05, 3.63) is 0 Å². The second-order valence-corrected chi connectivity index (χ2v) is 6.53. The van der Waals surface area contributed by atoms with Crippen LogP contribution in [0, 0.1) is 11.3 Å². The first-order chi connectivity index (χ1) is 10.5. The van der Waals surface area contributed by atoms with Crippen LogP contribution in [-0.2, 0) is 9.53 Å². The normalized spacial score (nSPS) is 30.5. The van der Waals surface area contributed by atoms with Crippen molar-refractivity contribution in [1.82, 2.24) is 10.2 Å². The highest BCUT2D eigenvalue weighted by atomic mass is 16.5. The number of carboxylic acids is 1. The molecule has 0 aromatic rings. The SMILES string of the molecule is CCC1(CC)C(NC(=O)N2CCCC(C(=O)O)C2)CC1OC. The molecule has 1 saturated carbocycles. The monoisotopic (exact) mass is 312 g/mol. The number of carbonyl (C=O) groups is 2. The van der Waals surface area contributed by atoms with Crippen molar-refractivity contribution in [3.63, 3.8) is 0 Å². The van der Waals surface area contributed by atoms with Crippen LogP contribution in [0.5, 0.6) is 0 Å². The largest absolute Gasteiger partial charge is 0.481 e. The molecule has 0 bridgehead atoms. The van der Waals surface area contributed by atoms with Crippen LogP contribution in [-0.4, -0.2) is 54.4 Å². The number of amides is 2. The zero-order valence-corrected chi connectivity index (χ0v) is 13.8. The molecular formula is C16H28N2O4. The average Bonchev–Trinajstić information content (AvgIpc) is 2.52. The van der Waals surface area contributed by atoms with E-state index in [-0.39, 0.29) is 23.6 Å². The third-order valence-corrected chi connectivity index (χ3v) is 5.74. The van der Waals surface area contributed by atoms with E-state index in [0.29, 0.717) is 19.5 Å². The first-order valence-corrected chi connectivity index (χ1v) is 8.29. The average molecular weight is 312 g/mol. The second-order valence-electron chi connectivity index (χ2n) is 6.53. The van der Waals surface area contributed by atoms with E-state index < -0.39 is 11.9 Å². The van der Waals surface area contributed by atoms with Crippen molar-refractivity contribution in [2.75, 3.05) is 20.2 Å². The Balaban J connectivity index is 1.96. The zero-order chi connectivity index (χ0) is 16.3. The van der Waals surface area contributed by atoms with Crippen LogP contribution in [0.1, 0.15) is 46.0 Å². The van der Waals surface area contributed by atoms with E-state index in [0.717, 1.165) is 25.7 Å². The van der Waals surface area contributed by atoms with Gasteiger partial charge in [0.15, 0.2) is 0 Å². The van der Waals surface area contributed by atoms with Crippen molar-refractivity contribution < 1.29 is 19.4 Å². The number of methoxy groups -OCH3 is 1. The van der Waals surface area contributed by atoms with Crippen LogP contribution in [0.15, 0.2) is 0 Å².